The predicted molar refractivity (Wildman–Crippen MR) is 68.0 cm³/mol. The van der Waals surface area contributed by atoms with Gasteiger partial charge in [-0.1, -0.05) is 13.8 Å². The average Bonchev–Trinajstić information content (AvgIpc) is 2.36. The van der Waals surface area contributed by atoms with Gasteiger partial charge in [0.1, 0.15) is 12.6 Å². The summed E-state index contributed by atoms with van der Waals surface area (Å²) in [6.07, 6.45) is -0.686. The van der Waals surface area contributed by atoms with Crippen LogP contribution in [0.3, 0.4) is 0 Å². The molecular formula is C12H22LiN2O5+. The van der Waals surface area contributed by atoms with Crippen molar-refractivity contribution in [3.05, 3.63) is 0 Å². The molecule has 0 aromatic heterocycles. The zero-order valence-corrected chi connectivity index (χ0v) is 12.4. The van der Waals surface area contributed by atoms with Crippen molar-refractivity contribution in [1.82, 2.24) is 10.2 Å². The van der Waals surface area contributed by atoms with E-state index < -0.39 is 18.1 Å². The van der Waals surface area contributed by atoms with Gasteiger partial charge in [0.2, 0.25) is 0 Å². The van der Waals surface area contributed by atoms with E-state index in [-0.39, 0.29) is 31.4 Å². The van der Waals surface area contributed by atoms with Crippen LogP contribution in [0, 0.1) is 5.92 Å². The second-order valence-electron chi connectivity index (χ2n) is 4.79. The minimum absolute atomic E-state index is 0. The summed E-state index contributed by atoms with van der Waals surface area (Å²) < 4.78 is 10.2. The molecule has 0 aromatic rings. The van der Waals surface area contributed by atoms with E-state index >= 15 is 0 Å². The van der Waals surface area contributed by atoms with Crippen molar-refractivity contribution in [3.8, 4) is 0 Å². The molecule has 1 rings (SSSR count). The molecule has 1 atom stereocenters. The van der Waals surface area contributed by atoms with Gasteiger partial charge < -0.3 is 19.9 Å². The van der Waals surface area contributed by atoms with Crippen LogP contribution in [-0.4, -0.2) is 67.6 Å². The Bertz CT molecular complexity index is 308. The van der Waals surface area contributed by atoms with Gasteiger partial charge in [-0.25, -0.2) is 9.59 Å². The Morgan fingerprint density at radius 2 is 1.95 bits per heavy atom. The number of aliphatic carboxylic acids is 1. The average molecular weight is 281 g/mol. The number of carbonyl (C=O) groups excluding carboxylic acids is 1. The van der Waals surface area contributed by atoms with Gasteiger partial charge >= 0.3 is 30.9 Å². The molecule has 1 amide bonds. The van der Waals surface area contributed by atoms with Crippen LogP contribution < -0.4 is 24.2 Å². The molecule has 1 fully saturated rings. The van der Waals surface area contributed by atoms with Gasteiger partial charge in [-0.15, -0.1) is 0 Å². The zero-order valence-electron chi connectivity index (χ0n) is 12.4. The third kappa shape index (κ3) is 7.15. The fourth-order valence-corrected chi connectivity index (χ4v) is 1.77. The molecule has 0 bridgehead atoms. The summed E-state index contributed by atoms with van der Waals surface area (Å²) in [6, 6.07) is -0.920. The third-order valence-corrected chi connectivity index (χ3v) is 2.95. The summed E-state index contributed by atoms with van der Waals surface area (Å²) in [6.45, 7) is 7.39. The van der Waals surface area contributed by atoms with Crippen molar-refractivity contribution in [2.75, 3.05) is 39.5 Å². The second kappa shape index (κ2) is 10.1. The van der Waals surface area contributed by atoms with Crippen LogP contribution in [-0.2, 0) is 14.3 Å². The number of morpholine rings is 1. The van der Waals surface area contributed by atoms with Gasteiger partial charge in [0.25, 0.3) is 0 Å². The molecule has 110 valence electrons. The van der Waals surface area contributed by atoms with Gasteiger partial charge in [0.15, 0.2) is 0 Å². The zero-order chi connectivity index (χ0) is 14.3. The van der Waals surface area contributed by atoms with Crippen molar-refractivity contribution in [1.29, 1.82) is 0 Å². The van der Waals surface area contributed by atoms with Crippen molar-refractivity contribution < 1.29 is 43.0 Å². The number of hydrogen-bond acceptors (Lipinski definition) is 5. The summed E-state index contributed by atoms with van der Waals surface area (Å²) in [5, 5.41) is 11.3. The van der Waals surface area contributed by atoms with E-state index in [1.54, 1.807) is 13.8 Å². The molecule has 8 heteroatoms. The summed E-state index contributed by atoms with van der Waals surface area (Å²) >= 11 is 0. The molecule has 0 aromatic carbocycles. The normalized spacial score (nSPS) is 17.1. The first-order valence-electron chi connectivity index (χ1n) is 6.47. The molecule has 0 spiro atoms. The molecule has 2 N–H and O–H groups in total. The molecule has 0 aliphatic carbocycles. The number of nitrogens with one attached hydrogen (secondary N) is 1. The largest absolute Gasteiger partial charge is 1.00 e. The predicted octanol–water partition coefficient (Wildman–Crippen LogP) is -2.84. The number of rotatable bonds is 6. The van der Waals surface area contributed by atoms with E-state index in [0.717, 1.165) is 13.1 Å². The van der Waals surface area contributed by atoms with Gasteiger partial charge in [0, 0.05) is 19.6 Å². The van der Waals surface area contributed by atoms with Gasteiger partial charge in [-0.2, -0.15) is 0 Å². The Balaban J connectivity index is 0.00000361. The molecule has 0 saturated carbocycles. The summed E-state index contributed by atoms with van der Waals surface area (Å²) in [7, 11) is 0. The van der Waals surface area contributed by atoms with Gasteiger partial charge in [-0.3, -0.25) is 4.90 Å². The number of carbonyl (C=O) groups is 2. The maximum atomic E-state index is 11.5. The fourth-order valence-electron chi connectivity index (χ4n) is 1.77. The number of amides is 1. The molecule has 1 heterocycles. The maximum absolute atomic E-state index is 11.5. The van der Waals surface area contributed by atoms with Crippen molar-refractivity contribution in [2.45, 2.75) is 19.9 Å². The van der Waals surface area contributed by atoms with E-state index in [1.165, 1.54) is 0 Å². The topological polar surface area (TPSA) is 88.1 Å². The standard InChI is InChI=1S/C12H22N2O5.Li/c1-9(2)10(11(15)16)13-12(17)19-8-5-14-3-6-18-7-4-14;/h9-10H,3-8H2,1-2H3,(H,13,17)(H,15,16);/q;+1. The molecule has 7 nitrogen and oxygen atoms in total. The monoisotopic (exact) mass is 281 g/mol. The van der Waals surface area contributed by atoms with E-state index in [2.05, 4.69) is 10.2 Å². The van der Waals surface area contributed by atoms with E-state index in [4.69, 9.17) is 14.6 Å². The van der Waals surface area contributed by atoms with Gasteiger partial charge in [0.05, 0.1) is 13.2 Å². The number of carboxylic acid groups (broad SMARTS) is 1. The van der Waals surface area contributed by atoms with E-state index in [0.29, 0.717) is 19.8 Å². The Morgan fingerprint density at radius 3 is 2.45 bits per heavy atom. The summed E-state index contributed by atoms with van der Waals surface area (Å²) in [4.78, 5) is 24.5. The quantitative estimate of drug-likeness (QED) is 0.510. The summed E-state index contributed by atoms with van der Waals surface area (Å²) in [5.74, 6) is -1.25. The molecule has 1 aliphatic rings. The number of carboxylic acids is 1. The maximum Gasteiger partial charge on any atom is 1.00 e. The molecule has 1 unspecified atom stereocenters. The molecule has 1 saturated heterocycles. The first-order chi connectivity index (χ1) is 9.00. The molecule has 20 heavy (non-hydrogen) atoms. The van der Waals surface area contributed by atoms with Crippen LogP contribution in [0.5, 0.6) is 0 Å². The molecule has 0 radical (unpaired) electrons. The molecule has 1 aliphatic heterocycles. The summed E-state index contributed by atoms with van der Waals surface area (Å²) in [5.41, 5.74) is 0. The van der Waals surface area contributed by atoms with Crippen LogP contribution in [0.2, 0.25) is 0 Å². The smallest absolute Gasteiger partial charge is 0.480 e. The van der Waals surface area contributed by atoms with Crippen LogP contribution in [0.15, 0.2) is 0 Å². The van der Waals surface area contributed by atoms with E-state index in [9.17, 15) is 9.59 Å². The Morgan fingerprint density at radius 1 is 1.35 bits per heavy atom. The van der Waals surface area contributed by atoms with Crippen LogP contribution >= 0.6 is 0 Å². The number of alkyl carbamates (subject to hydrolysis) is 1. The third-order valence-electron chi connectivity index (χ3n) is 2.95. The van der Waals surface area contributed by atoms with Crippen molar-refractivity contribution in [2.24, 2.45) is 5.92 Å². The van der Waals surface area contributed by atoms with Crippen molar-refractivity contribution in [3.63, 3.8) is 0 Å². The molecular weight excluding hydrogens is 259 g/mol. The van der Waals surface area contributed by atoms with Crippen LogP contribution in [0.1, 0.15) is 13.8 Å². The van der Waals surface area contributed by atoms with Crippen LogP contribution in [0.25, 0.3) is 0 Å². The number of nitrogens with zero attached hydrogens (tertiary/aromatic N) is 1. The first-order valence-corrected chi connectivity index (χ1v) is 6.47. The number of ether oxygens (including phenoxy) is 2. The second-order valence-corrected chi connectivity index (χ2v) is 4.79. The van der Waals surface area contributed by atoms with Crippen molar-refractivity contribution >= 4 is 12.1 Å². The number of hydrogen-bond donors (Lipinski definition) is 2. The van der Waals surface area contributed by atoms with Gasteiger partial charge in [-0.05, 0) is 5.92 Å². The Kier molecular flexibility index (Phi) is 9.68. The minimum atomic E-state index is -1.06. The SMILES string of the molecule is CC(C)C(NC(=O)OCCN1CCOCC1)C(=O)O.[Li+]. The first kappa shape index (κ1) is 19.3. The Hall–Kier alpha value is -0.743. The minimum Gasteiger partial charge on any atom is -0.480 e. The van der Waals surface area contributed by atoms with E-state index in [1.807, 2.05) is 0 Å². The Labute approximate surface area is 131 Å². The van der Waals surface area contributed by atoms with Crippen LogP contribution in [0.4, 0.5) is 4.79 Å². The fraction of sp³-hybridized carbons (Fsp3) is 0.833.